The van der Waals surface area contributed by atoms with Crippen LogP contribution in [0.4, 0.5) is 0 Å². The lowest BCUT2D eigenvalue weighted by molar-refractivity contribution is -0.148. The summed E-state index contributed by atoms with van der Waals surface area (Å²) in [5, 5.41) is 9.09. The molecule has 0 aliphatic heterocycles. The lowest BCUT2D eigenvalue weighted by Gasteiger charge is -2.21. The Hall–Kier alpha value is -1.27. The molecule has 1 aromatic rings. The zero-order valence-corrected chi connectivity index (χ0v) is 13.5. The van der Waals surface area contributed by atoms with Crippen molar-refractivity contribution in [3.8, 4) is 11.5 Å². The van der Waals surface area contributed by atoms with Crippen LogP contribution >= 0.6 is 15.9 Å². The molecule has 112 valence electrons. The van der Waals surface area contributed by atoms with Gasteiger partial charge >= 0.3 is 5.97 Å². The van der Waals surface area contributed by atoms with Gasteiger partial charge in [-0.05, 0) is 60.4 Å². The molecular weight excluding hydrogens is 326 g/mol. The van der Waals surface area contributed by atoms with Gasteiger partial charge in [-0.2, -0.15) is 0 Å². The maximum absolute atomic E-state index is 11.1. The van der Waals surface area contributed by atoms with Gasteiger partial charge in [0.25, 0.3) is 0 Å². The minimum absolute atomic E-state index is 0.0491. The second-order valence-electron chi connectivity index (χ2n) is 5.13. The molecule has 0 unspecified atom stereocenters. The van der Waals surface area contributed by atoms with Crippen molar-refractivity contribution in [3.63, 3.8) is 0 Å². The van der Waals surface area contributed by atoms with Crippen LogP contribution in [0.1, 0.15) is 19.4 Å². The number of hydrogen-bond acceptors (Lipinski definition) is 4. The summed E-state index contributed by atoms with van der Waals surface area (Å²) >= 11 is 3.42. The maximum Gasteiger partial charge on any atom is 0.312 e. The second kappa shape index (κ2) is 6.95. The maximum atomic E-state index is 11.1. The van der Waals surface area contributed by atoms with Crippen molar-refractivity contribution >= 4 is 21.9 Å². The molecule has 0 spiro atoms. The minimum atomic E-state index is -0.972. The fourth-order valence-electron chi connectivity index (χ4n) is 1.54. The van der Waals surface area contributed by atoms with Crippen molar-refractivity contribution in [3.05, 3.63) is 22.2 Å². The van der Waals surface area contributed by atoms with E-state index in [0.29, 0.717) is 18.0 Å². The van der Waals surface area contributed by atoms with Gasteiger partial charge in [0.15, 0.2) is 11.5 Å². The highest BCUT2D eigenvalue weighted by Gasteiger charge is 2.29. The summed E-state index contributed by atoms with van der Waals surface area (Å²) in [7, 11) is 1.54. The van der Waals surface area contributed by atoms with E-state index in [2.05, 4.69) is 15.9 Å². The van der Waals surface area contributed by atoms with Crippen LogP contribution in [0.25, 0.3) is 0 Å². The highest BCUT2D eigenvalue weighted by Crippen LogP contribution is 2.37. The van der Waals surface area contributed by atoms with Crippen LogP contribution in [-0.4, -0.2) is 31.3 Å². The average Bonchev–Trinajstić information content (AvgIpc) is 2.37. The highest BCUT2D eigenvalue weighted by atomic mass is 79.9. The Morgan fingerprint density at radius 2 is 2.10 bits per heavy atom. The van der Waals surface area contributed by atoms with Crippen molar-refractivity contribution in [1.29, 1.82) is 0 Å². The quantitative estimate of drug-likeness (QED) is 0.793. The summed E-state index contributed by atoms with van der Waals surface area (Å²) in [6.07, 6.45) is 0.732. The van der Waals surface area contributed by atoms with Crippen LogP contribution in [0, 0.1) is 5.41 Å². The molecular formula is C14H20BrNO4. The molecule has 5 nitrogen and oxygen atoms in total. The molecule has 1 rings (SSSR count). The third kappa shape index (κ3) is 4.11. The Labute approximate surface area is 127 Å². The first-order valence-corrected chi connectivity index (χ1v) is 7.03. The van der Waals surface area contributed by atoms with E-state index in [4.69, 9.17) is 20.3 Å². The molecule has 3 N–H and O–H groups in total. The van der Waals surface area contributed by atoms with Crippen molar-refractivity contribution in [2.45, 2.75) is 20.3 Å². The summed E-state index contributed by atoms with van der Waals surface area (Å²) in [5.74, 6) is 0.152. The van der Waals surface area contributed by atoms with Gasteiger partial charge in [0.1, 0.15) is 6.61 Å². The standard InChI is InChI=1S/C14H20BrNO4/c1-14(2,13(17)18)8-20-12-10(15)6-9(4-5-16)7-11(12)19-3/h6-7H,4-5,8,16H2,1-3H3,(H,17,18). The molecule has 20 heavy (non-hydrogen) atoms. The Kier molecular flexibility index (Phi) is 5.83. The van der Waals surface area contributed by atoms with E-state index in [1.165, 1.54) is 0 Å². The van der Waals surface area contributed by atoms with Crippen LogP contribution in [-0.2, 0) is 11.2 Å². The topological polar surface area (TPSA) is 81.8 Å². The molecule has 1 aromatic carbocycles. The number of benzene rings is 1. The minimum Gasteiger partial charge on any atom is -0.493 e. The Bertz CT molecular complexity index is 488. The Morgan fingerprint density at radius 1 is 1.45 bits per heavy atom. The molecule has 0 saturated heterocycles. The fourth-order valence-corrected chi connectivity index (χ4v) is 2.14. The molecule has 0 bridgehead atoms. The summed E-state index contributed by atoms with van der Waals surface area (Å²) in [6.45, 7) is 3.81. The van der Waals surface area contributed by atoms with Gasteiger partial charge in [-0.25, -0.2) is 0 Å². The molecule has 0 atom stereocenters. The third-order valence-corrected chi connectivity index (χ3v) is 3.47. The first-order valence-electron chi connectivity index (χ1n) is 6.24. The Morgan fingerprint density at radius 3 is 2.60 bits per heavy atom. The molecule has 0 aliphatic rings. The van der Waals surface area contributed by atoms with Gasteiger partial charge in [0.05, 0.1) is 17.0 Å². The third-order valence-electron chi connectivity index (χ3n) is 2.88. The van der Waals surface area contributed by atoms with E-state index < -0.39 is 11.4 Å². The number of carboxylic acid groups (broad SMARTS) is 1. The molecule has 0 aliphatic carbocycles. The number of halogens is 1. The highest BCUT2D eigenvalue weighted by molar-refractivity contribution is 9.10. The summed E-state index contributed by atoms with van der Waals surface area (Å²) in [4.78, 5) is 11.1. The normalized spacial score (nSPS) is 11.2. The number of methoxy groups -OCH3 is 1. The number of ether oxygens (including phenoxy) is 2. The molecule has 0 radical (unpaired) electrons. The van der Waals surface area contributed by atoms with Crippen molar-refractivity contribution < 1.29 is 19.4 Å². The van der Waals surface area contributed by atoms with Crippen molar-refractivity contribution in [1.82, 2.24) is 0 Å². The molecule has 0 aromatic heterocycles. The van der Waals surface area contributed by atoms with Gasteiger partial charge in [-0.3, -0.25) is 4.79 Å². The first-order chi connectivity index (χ1) is 9.31. The molecule has 0 fully saturated rings. The number of nitrogens with two attached hydrogens (primary N) is 1. The van der Waals surface area contributed by atoms with E-state index in [9.17, 15) is 4.79 Å². The van der Waals surface area contributed by atoms with E-state index in [0.717, 1.165) is 16.5 Å². The lowest BCUT2D eigenvalue weighted by Crippen LogP contribution is -2.30. The molecule has 0 saturated carbocycles. The monoisotopic (exact) mass is 345 g/mol. The van der Waals surface area contributed by atoms with Crippen LogP contribution in [0.5, 0.6) is 11.5 Å². The summed E-state index contributed by atoms with van der Waals surface area (Å²) in [5.41, 5.74) is 5.59. The average molecular weight is 346 g/mol. The SMILES string of the molecule is COc1cc(CCN)cc(Br)c1OCC(C)(C)C(=O)O. The molecule has 6 heteroatoms. The zero-order valence-electron chi connectivity index (χ0n) is 11.9. The number of rotatable bonds is 7. The van der Waals surface area contributed by atoms with E-state index >= 15 is 0 Å². The predicted molar refractivity (Wildman–Crippen MR) is 80.4 cm³/mol. The largest absolute Gasteiger partial charge is 0.493 e. The van der Waals surface area contributed by atoms with Gasteiger partial charge in [0.2, 0.25) is 0 Å². The number of hydrogen-bond donors (Lipinski definition) is 2. The van der Waals surface area contributed by atoms with Crippen LogP contribution in [0.2, 0.25) is 0 Å². The van der Waals surface area contributed by atoms with Gasteiger partial charge in [0, 0.05) is 0 Å². The zero-order chi connectivity index (χ0) is 15.3. The van der Waals surface area contributed by atoms with Gasteiger partial charge in [-0.1, -0.05) is 0 Å². The van der Waals surface area contributed by atoms with Crippen LogP contribution in [0.15, 0.2) is 16.6 Å². The number of aliphatic carboxylic acids is 1. The van der Waals surface area contributed by atoms with Crippen LogP contribution in [0.3, 0.4) is 0 Å². The molecule has 0 heterocycles. The van der Waals surface area contributed by atoms with Crippen molar-refractivity contribution in [2.75, 3.05) is 20.3 Å². The summed E-state index contributed by atoms with van der Waals surface area (Å²) < 4.78 is 11.7. The first kappa shape index (κ1) is 16.8. The molecule has 0 amide bonds. The van der Waals surface area contributed by atoms with E-state index in [1.807, 2.05) is 12.1 Å². The van der Waals surface area contributed by atoms with Gasteiger partial charge < -0.3 is 20.3 Å². The van der Waals surface area contributed by atoms with Crippen LogP contribution < -0.4 is 15.2 Å². The fraction of sp³-hybridized carbons (Fsp3) is 0.500. The van der Waals surface area contributed by atoms with E-state index in [1.54, 1.807) is 21.0 Å². The summed E-state index contributed by atoms with van der Waals surface area (Å²) in [6, 6.07) is 3.75. The smallest absolute Gasteiger partial charge is 0.312 e. The Balaban J connectivity index is 2.97. The second-order valence-corrected chi connectivity index (χ2v) is 5.98. The predicted octanol–water partition coefficient (Wildman–Crippen LogP) is 2.45. The van der Waals surface area contributed by atoms with E-state index in [-0.39, 0.29) is 6.61 Å². The van der Waals surface area contributed by atoms with Crippen molar-refractivity contribution in [2.24, 2.45) is 11.1 Å². The lowest BCUT2D eigenvalue weighted by atomic mass is 9.95. The number of carboxylic acids is 1. The number of carbonyl (C=O) groups is 1. The van der Waals surface area contributed by atoms with Gasteiger partial charge in [-0.15, -0.1) is 0 Å².